The fourth-order valence-corrected chi connectivity index (χ4v) is 3.54. The van der Waals surface area contributed by atoms with E-state index in [1.807, 2.05) is 11.8 Å². The lowest BCUT2D eigenvalue weighted by Crippen LogP contribution is -2.26. The molecule has 3 unspecified atom stereocenters. The van der Waals surface area contributed by atoms with Gasteiger partial charge in [-0.15, -0.1) is 0 Å². The van der Waals surface area contributed by atoms with Crippen molar-refractivity contribution in [1.29, 1.82) is 0 Å². The van der Waals surface area contributed by atoms with Crippen LogP contribution in [0.5, 0.6) is 0 Å². The molecule has 0 aromatic heterocycles. The number of benzene rings is 1. The second-order valence-corrected chi connectivity index (χ2v) is 6.98. The van der Waals surface area contributed by atoms with E-state index in [9.17, 15) is 0 Å². The van der Waals surface area contributed by atoms with Crippen molar-refractivity contribution in [2.45, 2.75) is 44.9 Å². The summed E-state index contributed by atoms with van der Waals surface area (Å²) >= 11 is 5.49. The summed E-state index contributed by atoms with van der Waals surface area (Å²) in [7, 11) is 0. The molecule has 0 amide bonds. The largest absolute Gasteiger partial charge is 0.326 e. The van der Waals surface area contributed by atoms with E-state index >= 15 is 0 Å². The van der Waals surface area contributed by atoms with Crippen LogP contribution in [0.25, 0.3) is 0 Å². The van der Waals surface area contributed by atoms with Crippen LogP contribution in [0, 0.1) is 5.92 Å². The molecule has 18 heavy (non-hydrogen) atoms. The highest BCUT2D eigenvalue weighted by atomic mass is 79.9. The van der Waals surface area contributed by atoms with Crippen molar-refractivity contribution in [1.82, 2.24) is 0 Å². The second-order valence-electron chi connectivity index (χ2n) is 4.89. The zero-order valence-electron chi connectivity index (χ0n) is 11.5. The molecule has 0 aliphatic rings. The Morgan fingerprint density at radius 1 is 1.17 bits per heavy atom. The predicted octanol–water partition coefficient (Wildman–Crippen LogP) is 5.01. The van der Waals surface area contributed by atoms with Crippen LogP contribution >= 0.6 is 27.7 Å². The van der Waals surface area contributed by atoms with Crippen LogP contribution in [0.2, 0.25) is 0 Å². The summed E-state index contributed by atoms with van der Waals surface area (Å²) in [5, 5.41) is 0.414. The van der Waals surface area contributed by atoms with E-state index in [0.29, 0.717) is 5.25 Å². The molecule has 2 N–H and O–H groups in total. The Bertz CT molecular complexity index is 339. The van der Waals surface area contributed by atoms with Crippen LogP contribution in [-0.4, -0.2) is 11.8 Å². The average Bonchev–Trinajstić information content (AvgIpc) is 2.40. The molecule has 1 nitrogen and oxygen atoms in total. The summed E-state index contributed by atoms with van der Waals surface area (Å²) in [5.41, 5.74) is 7.63. The summed E-state index contributed by atoms with van der Waals surface area (Å²) < 4.78 is 1.13. The molecule has 0 saturated carbocycles. The topological polar surface area (TPSA) is 26.0 Å². The predicted molar refractivity (Wildman–Crippen MR) is 87.1 cm³/mol. The number of thioether (sulfide) groups is 1. The Labute approximate surface area is 124 Å². The second kappa shape index (κ2) is 8.23. The minimum absolute atomic E-state index is 0.236. The smallest absolute Gasteiger partial charge is 0.0448 e. The van der Waals surface area contributed by atoms with Crippen molar-refractivity contribution in [3.8, 4) is 0 Å². The molecule has 0 radical (unpaired) electrons. The highest BCUT2D eigenvalue weighted by Gasteiger charge is 2.19. The lowest BCUT2D eigenvalue weighted by atomic mass is 10.0. The van der Waals surface area contributed by atoms with Gasteiger partial charge < -0.3 is 5.73 Å². The molecule has 0 bridgehead atoms. The lowest BCUT2D eigenvalue weighted by molar-refractivity contribution is 0.615. The fraction of sp³-hybridized carbons (Fsp3) is 0.600. The number of hydrogen-bond donors (Lipinski definition) is 1. The molecule has 0 heterocycles. The van der Waals surface area contributed by atoms with E-state index < -0.39 is 0 Å². The van der Waals surface area contributed by atoms with Crippen molar-refractivity contribution < 1.29 is 0 Å². The third-order valence-electron chi connectivity index (χ3n) is 3.32. The molecule has 0 aliphatic carbocycles. The van der Waals surface area contributed by atoms with Gasteiger partial charge in [0.05, 0.1) is 0 Å². The van der Waals surface area contributed by atoms with Crippen LogP contribution < -0.4 is 5.73 Å². The summed E-state index contributed by atoms with van der Waals surface area (Å²) in [4.78, 5) is 0. The van der Waals surface area contributed by atoms with Crippen LogP contribution in [0.1, 0.15) is 44.4 Å². The van der Waals surface area contributed by atoms with E-state index in [0.717, 1.165) is 16.8 Å². The molecular formula is C15H24BrNS. The molecule has 0 saturated heterocycles. The molecule has 1 aromatic carbocycles. The quantitative estimate of drug-likeness (QED) is 0.761. The SMILES string of the molecule is CCC(C)CSC(c1ccc(Br)cc1)C(N)CC. The maximum absolute atomic E-state index is 6.28. The van der Waals surface area contributed by atoms with Gasteiger partial charge in [0.1, 0.15) is 0 Å². The van der Waals surface area contributed by atoms with Crippen LogP contribution in [-0.2, 0) is 0 Å². The Kier molecular flexibility index (Phi) is 7.35. The molecule has 1 aromatic rings. The monoisotopic (exact) mass is 329 g/mol. The van der Waals surface area contributed by atoms with Crippen LogP contribution in [0.4, 0.5) is 0 Å². The van der Waals surface area contributed by atoms with E-state index in [1.54, 1.807) is 0 Å². The molecule has 0 aliphatic heterocycles. The average molecular weight is 330 g/mol. The van der Waals surface area contributed by atoms with E-state index in [2.05, 4.69) is 61.0 Å². The Hall–Kier alpha value is 0.01000. The first-order valence-electron chi connectivity index (χ1n) is 6.71. The Morgan fingerprint density at radius 2 is 1.78 bits per heavy atom. The van der Waals surface area contributed by atoms with Gasteiger partial charge in [-0.3, -0.25) is 0 Å². The number of rotatable bonds is 7. The Morgan fingerprint density at radius 3 is 2.28 bits per heavy atom. The van der Waals surface area contributed by atoms with Gasteiger partial charge in [-0.05, 0) is 35.8 Å². The Balaban J connectivity index is 2.74. The van der Waals surface area contributed by atoms with Crippen molar-refractivity contribution in [2.24, 2.45) is 11.7 Å². The summed E-state index contributed by atoms with van der Waals surface area (Å²) in [5.74, 6) is 1.95. The number of nitrogens with two attached hydrogens (primary N) is 1. The highest BCUT2D eigenvalue weighted by molar-refractivity contribution is 9.10. The number of hydrogen-bond acceptors (Lipinski definition) is 2. The normalized spacial score (nSPS) is 16.3. The van der Waals surface area contributed by atoms with Crippen LogP contribution in [0.15, 0.2) is 28.7 Å². The van der Waals surface area contributed by atoms with Gasteiger partial charge in [-0.1, -0.05) is 55.3 Å². The molecule has 0 spiro atoms. The van der Waals surface area contributed by atoms with Gasteiger partial charge in [0.25, 0.3) is 0 Å². The van der Waals surface area contributed by atoms with Crippen molar-refractivity contribution in [2.75, 3.05) is 5.75 Å². The van der Waals surface area contributed by atoms with Gasteiger partial charge in [0.2, 0.25) is 0 Å². The molecule has 0 fully saturated rings. The van der Waals surface area contributed by atoms with Gasteiger partial charge in [-0.25, -0.2) is 0 Å². The molecular weight excluding hydrogens is 306 g/mol. The molecule has 102 valence electrons. The first-order valence-corrected chi connectivity index (χ1v) is 8.55. The highest BCUT2D eigenvalue weighted by Crippen LogP contribution is 2.34. The summed E-state index contributed by atoms with van der Waals surface area (Å²) in [6.07, 6.45) is 2.26. The van der Waals surface area contributed by atoms with Gasteiger partial charge >= 0.3 is 0 Å². The summed E-state index contributed by atoms with van der Waals surface area (Å²) in [6, 6.07) is 8.82. The van der Waals surface area contributed by atoms with Crippen LogP contribution in [0.3, 0.4) is 0 Å². The standard InChI is InChI=1S/C15H24BrNS/c1-4-11(3)10-18-15(14(17)5-2)12-6-8-13(16)9-7-12/h6-9,11,14-15H,4-5,10,17H2,1-3H3. The summed E-state index contributed by atoms with van der Waals surface area (Å²) in [6.45, 7) is 6.73. The number of halogens is 1. The first kappa shape index (κ1) is 16.1. The lowest BCUT2D eigenvalue weighted by Gasteiger charge is -2.24. The third kappa shape index (κ3) is 4.94. The molecule has 3 atom stereocenters. The molecule has 1 rings (SSSR count). The first-order chi connectivity index (χ1) is 8.58. The fourth-order valence-electron chi connectivity index (χ4n) is 1.72. The minimum atomic E-state index is 0.236. The van der Waals surface area contributed by atoms with Crippen molar-refractivity contribution >= 4 is 27.7 Å². The zero-order chi connectivity index (χ0) is 13.5. The van der Waals surface area contributed by atoms with Crippen molar-refractivity contribution in [3.05, 3.63) is 34.3 Å². The van der Waals surface area contributed by atoms with Gasteiger partial charge in [-0.2, -0.15) is 11.8 Å². The van der Waals surface area contributed by atoms with Gasteiger partial charge in [0, 0.05) is 15.8 Å². The maximum atomic E-state index is 6.28. The van der Waals surface area contributed by atoms with E-state index in [1.165, 1.54) is 17.7 Å². The van der Waals surface area contributed by atoms with E-state index in [4.69, 9.17) is 5.73 Å². The van der Waals surface area contributed by atoms with Gasteiger partial charge in [0.15, 0.2) is 0 Å². The maximum Gasteiger partial charge on any atom is 0.0448 e. The zero-order valence-corrected chi connectivity index (χ0v) is 13.9. The van der Waals surface area contributed by atoms with Crippen molar-refractivity contribution in [3.63, 3.8) is 0 Å². The van der Waals surface area contributed by atoms with E-state index in [-0.39, 0.29) is 6.04 Å². The molecule has 3 heteroatoms. The minimum Gasteiger partial charge on any atom is -0.326 e. The third-order valence-corrected chi connectivity index (χ3v) is 5.59.